The molecule has 6 nitrogen and oxygen atoms in total. The van der Waals surface area contributed by atoms with Crippen molar-refractivity contribution in [2.24, 2.45) is 0 Å². The second-order valence-electron chi connectivity index (χ2n) is 3.28. The summed E-state index contributed by atoms with van der Waals surface area (Å²) >= 11 is 0. The molecule has 1 aromatic rings. The summed E-state index contributed by atoms with van der Waals surface area (Å²) in [4.78, 5) is 32.8. The van der Waals surface area contributed by atoms with Crippen LogP contribution in [0.25, 0.3) is 0 Å². The van der Waals surface area contributed by atoms with Gasteiger partial charge in [0.2, 0.25) is 5.91 Å². The largest absolute Gasteiger partial charge is 0.478 e. The molecule has 6 heteroatoms. The van der Waals surface area contributed by atoms with Crippen molar-refractivity contribution in [2.45, 2.75) is 13.3 Å². The van der Waals surface area contributed by atoms with Crippen LogP contribution >= 0.6 is 0 Å². The van der Waals surface area contributed by atoms with Crippen LogP contribution in [-0.4, -0.2) is 28.2 Å². The Morgan fingerprint density at radius 1 is 1.24 bits per heavy atom. The van der Waals surface area contributed by atoms with Crippen LogP contribution in [0.3, 0.4) is 0 Å². The van der Waals surface area contributed by atoms with E-state index in [-0.39, 0.29) is 28.9 Å². The van der Waals surface area contributed by atoms with E-state index in [1.165, 1.54) is 19.1 Å². The SMILES string of the molecule is CC(=O)CC(=O)Nc1ccccc1C(=O)O.O. The zero-order chi connectivity index (χ0) is 12.1. The molecule has 0 radical (unpaired) electrons. The minimum atomic E-state index is -1.13. The number of para-hydroxylation sites is 1. The van der Waals surface area contributed by atoms with E-state index in [4.69, 9.17) is 5.11 Å². The van der Waals surface area contributed by atoms with Crippen molar-refractivity contribution in [3.05, 3.63) is 29.8 Å². The Labute approximate surface area is 97.6 Å². The zero-order valence-corrected chi connectivity index (χ0v) is 9.19. The monoisotopic (exact) mass is 239 g/mol. The number of hydrogen-bond donors (Lipinski definition) is 2. The molecule has 0 aromatic heterocycles. The first-order valence-electron chi connectivity index (χ1n) is 4.62. The second-order valence-corrected chi connectivity index (χ2v) is 3.28. The second kappa shape index (κ2) is 6.39. The lowest BCUT2D eigenvalue weighted by Crippen LogP contribution is -2.16. The van der Waals surface area contributed by atoms with Gasteiger partial charge >= 0.3 is 5.97 Å². The normalized spacial score (nSPS) is 9.00. The third kappa shape index (κ3) is 4.43. The number of anilines is 1. The van der Waals surface area contributed by atoms with Gasteiger partial charge in [0.15, 0.2) is 0 Å². The minimum absolute atomic E-state index is 0. The van der Waals surface area contributed by atoms with E-state index in [9.17, 15) is 14.4 Å². The average molecular weight is 239 g/mol. The Hall–Kier alpha value is -2.21. The molecule has 17 heavy (non-hydrogen) atoms. The number of rotatable bonds is 4. The van der Waals surface area contributed by atoms with Gasteiger partial charge < -0.3 is 15.9 Å². The quantitative estimate of drug-likeness (QED) is 0.743. The summed E-state index contributed by atoms with van der Waals surface area (Å²) in [6.45, 7) is 1.29. The van der Waals surface area contributed by atoms with Crippen LogP contribution in [0.5, 0.6) is 0 Å². The molecule has 0 fully saturated rings. The van der Waals surface area contributed by atoms with Crippen LogP contribution in [0.1, 0.15) is 23.7 Å². The Kier molecular flexibility index (Phi) is 5.56. The van der Waals surface area contributed by atoms with Crippen molar-refractivity contribution >= 4 is 23.3 Å². The van der Waals surface area contributed by atoms with Crippen molar-refractivity contribution in [3.63, 3.8) is 0 Å². The van der Waals surface area contributed by atoms with Crippen molar-refractivity contribution in [1.82, 2.24) is 0 Å². The first-order valence-corrected chi connectivity index (χ1v) is 4.62. The molecule has 0 unspecified atom stereocenters. The lowest BCUT2D eigenvalue weighted by Gasteiger charge is -2.06. The Morgan fingerprint density at radius 2 is 1.82 bits per heavy atom. The number of carboxylic acid groups (broad SMARTS) is 1. The van der Waals surface area contributed by atoms with Gasteiger partial charge in [-0.2, -0.15) is 0 Å². The van der Waals surface area contributed by atoms with Gasteiger partial charge in [0.05, 0.1) is 17.7 Å². The maximum atomic E-state index is 11.3. The fourth-order valence-electron chi connectivity index (χ4n) is 1.20. The molecule has 1 amide bonds. The van der Waals surface area contributed by atoms with Gasteiger partial charge in [-0.15, -0.1) is 0 Å². The highest BCUT2D eigenvalue weighted by molar-refractivity contribution is 6.06. The molecule has 0 saturated carbocycles. The summed E-state index contributed by atoms with van der Waals surface area (Å²) in [6.07, 6.45) is -0.256. The smallest absolute Gasteiger partial charge is 0.337 e. The van der Waals surface area contributed by atoms with E-state index >= 15 is 0 Å². The molecule has 1 aromatic carbocycles. The van der Waals surface area contributed by atoms with Crippen LogP contribution in [-0.2, 0) is 9.59 Å². The number of benzene rings is 1. The molecule has 0 aliphatic rings. The number of carbonyl (C=O) groups excluding carboxylic acids is 2. The number of carbonyl (C=O) groups is 3. The summed E-state index contributed by atoms with van der Waals surface area (Å²) in [5, 5.41) is 11.2. The molecular weight excluding hydrogens is 226 g/mol. The van der Waals surface area contributed by atoms with Gasteiger partial charge in [-0.1, -0.05) is 12.1 Å². The molecule has 0 aliphatic heterocycles. The summed E-state index contributed by atoms with van der Waals surface area (Å²) in [5.41, 5.74) is 0.195. The van der Waals surface area contributed by atoms with Gasteiger partial charge in [-0.05, 0) is 19.1 Å². The molecule has 0 saturated heterocycles. The van der Waals surface area contributed by atoms with E-state index in [0.29, 0.717) is 0 Å². The lowest BCUT2D eigenvalue weighted by molar-refractivity contribution is -0.124. The van der Waals surface area contributed by atoms with Crippen LogP contribution in [0.15, 0.2) is 24.3 Å². The van der Waals surface area contributed by atoms with E-state index in [2.05, 4.69) is 5.32 Å². The summed E-state index contributed by atoms with van der Waals surface area (Å²) in [6, 6.07) is 6.02. The third-order valence-corrected chi connectivity index (χ3v) is 1.84. The van der Waals surface area contributed by atoms with Crippen LogP contribution < -0.4 is 5.32 Å². The maximum Gasteiger partial charge on any atom is 0.337 e. The molecule has 1 rings (SSSR count). The minimum Gasteiger partial charge on any atom is -0.478 e. The Morgan fingerprint density at radius 3 is 2.35 bits per heavy atom. The number of Topliss-reactive ketones (excluding diaryl/α,β-unsaturated/α-hetero) is 1. The Balaban J connectivity index is 0.00000256. The zero-order valence-electron chi connectivity index (χ0n) is 9.19. The highest BCUT2D eigenvalue weighted by Gasteiger charge is 2.12. The van der Waals surface area contributed by atoms with E-state index in [0.717, 1.165) is 0 Å². The van der Waals surface area contributed by atoms with Gasteiger partial charge in [0.1, 0.15) is 5.78 Å². The van der Waals surface area contributed by atoms with Crippen LogP contribution in [0.4, 0.5) is 5.69 Å². The molecule has 0 spiro atoms. The highest BCUT2D eigenvalue weighted by Crippen LogP contribution is 2.14. The number of hydrogen-bond acceptors (Lipinski definition) is 3. The first-order chi connectivity index (χ1) is 7.50. The fourth-order valence-corrected chi connectivity index (χ4v) is 1.20. The number of carboxylic acids is 1. The van der Waals surface area contributed by atoms with E-state index < -0.39 is 11.9 Å². The van der Waals surface area contributed by atoms with E-state index in [1.54, 1.807) is 12.1 Å². The van der Waals surface area contributed by atoms with Crippen LogP contribution in [0.2, 0.25) is 0 Å². The number of nitrogens with one attached hydrogen (secondary N) is 1. The number of amides is 1. The van der Waals surface area contributed by atoms with Crippen molar-refractivity contribution in [2.75, 3.05) is 5.32 Å². The summed E-state index contributed by atoms with van der Waals surface area (Å²) in [5.74, 6) is -1.91. The van der Waals surface area contributed by atoms with Gasteiger partial charge in [0.25, 0.3) is 0 Å². The van der Waals surface area contributed by atoms with Gasteiger partial charge in [-0.3, -0.25) is 9.59 Å². The average Bonchev–Trinajstić information content (AvgIpc) is 2.16. The molecular formula is C11H13NO5. The predicted molar refractivity (Wildman–Crippen MR) is 60.9 cm³/mol. The topological polar surface area (TPSA) is 115 Å². The van der Waals surface area contributed by atoms with Crippen molar-refractivity contribution in [1.29, 1.82) is 0 Å². The summed E-state index contributed by atoms with van der Waals surface area (Å²) < 4.78 is 0. The number of ketones is 1. The Bertz CT molecular complexity index is 441. The fraction of sp³-hybridized carbons (Fsp3) is 0.182. The van der Waals surface area contributed by atoms with E-state index in [1.807, 2.05) is 0 Å². The highest BCUT2D eigenvalue weighted by atomic mass is 16.4. The number of aromatic carboxylic acids is 1. The molecule has 0 heterocycles. The van der Waals surface area contributed by atoms with Crippen molar-refractivity contribution in [3.8, 4) is 0 Å². The van der Waals surface area contributed by atoms with Crippen LogP contribution in [0, 0.1) is 0 Å². The molecule has 0 bridgehead atoms. The van der Waals surface area contributed by atoms with Crippen molar-refractivity contribution < 1.29 is 25.0 Å². The first kappa shape index (κ1) is 14.8. The summed E-state index contributed by atoms with van der Waals surface area (Å²) in [7, 11) is 0. The maximum absolute atomic E-state index is 11.3. The lowest BCUT2D eigenvalue weighted by atomic mass is 10.1. The van der Waals surface area contributed by atoms with Gasteiger partial charge in [-0.25, -0.2) is 4.79 Å². The molecule has 92 valence electrons. The third-order valence-electron chi connectivity index (χ3n) is 1.84. The molecule has 4 N–H and O–H groups in total. The molecule has 0 atom stereocenters. The van der Waals surface area contributed by atoms with Gasteiger partial charge in [0, 0.05) is 0 Å². The molecule has 0 aliphatic carbocycles. The predicted octanol–water partition coefficient (Wildman–Crippen LogP) is 0.478. The standard InChI is InChI=1S/C11H11NO4.H2O/c1-7(13)6-10(14)12-9-5-3-2-4-8(9)11(15)16;/h2-5H,6H2,1H3,(H,12,14)(H,15,16);1H2.